The van der Waals surface area contributed by atoms with Crippen LogP contribution in [-0.4, -0.2) is 18.6 Å². The van der Waals surface area contributed by atoms with Gasteiger partial charge in [-0.05, 0) is 42.8 Å². The van der Waals surface area contributed by atoms with Crippen LogP contribution < -0.4 is 0 Å². The summed E-state index contributed by atoms with van der Waals surface area (Å²) in [6, 6.07) is 9.68. The van der Waals surface area contributed by atoms with Crippen LogP contribution in [0, 0.1) is 6.92 Å². The number of hydrogen-bond acceptors (Lipinski definition) is 4. The van der Waals surface area contributed by atoms with E-state index in [1.807, 2.05) is 0 Å². The Labute approximate surface area is 105 Å². The van der Waals surface area contributed by atoms with E-state index in [1.165, 1.54) is 30.3 Å². The molecule has 0 spiro atoms. The van der Waals surface area contributed by atoms with Crippen molar-refractivity contribution in [3.05, 3.63) is 48.0 Å². The molecule has 0 amide bonds. The maximum atomic E-state index is 12.2. The highest BCUT2D eigenvalue weighted by molar-refractivity contribution is 7.91. The van der Waals surface area contributed by atoms with E-state index >= 15 is 0 Å². The molecule has 94 valence electrons. The number of benzene rings is 2. The first kappa shape index (κ1) is 12.4. The second-order valence-corrected chi connectivity index (χ2v) is 5.89. The van der Waals surface area contributed by atoms with E-state index in [-0.39, 0.29) is 21.3 Å². The molecule has 0 unspecified atom stereocenters. The number of rotatable bonds is 2. The van der Waals surface area contributed by atoms with Gasteiger partial charge in [0.05, 0.1) is 4.90 Å². The molecule has 0 aliphatic carbocycles. The molecule has 5 heteroatoms. The fourth-order valence-electron chi connectivity index (χ4n) is 1.63. The topological polar surface area (TPSA) is 74.6 Å². The molecule has 2 rings (SSSR count). The minimum absolute atomic E-state index is 0.0540. The van der Waals surface area contributed by atoms with E-state index < -0.39 is 9.84 Å². The molecule has 0 radical (unpaired) electrons. The van der Waals surface area contributed by atoms with Gasteiger partial charge in [0.15, 0.2) is 0 Å². The van der Waals surface area contributed by atoms with Crippen LogP contribution >= 0.6 is 0 Å². The third kappa shape index (κ3) is 2.17. The van der Waals surface area contributed by atoms with Crippen molar-refractivity contribution in [1.82, 2.24) is 0 Å². The summed E-state index contributed by atoms with van der Waals surface area (Å²) in [7, 11) is -3.82. The Kier molecular flexibility index (Phi) is 3.00. The summed E-state index contributed by atoms with van der Waals surface area (Å²) in [5.41, 5.74) is 0.766. The molecular formula is C13H12O4S. The molecule has 0 atom stereocenters. The van der Waals surface area contributed by atoms with Crippen molar-refractivity contribution in [2.24, 2.45) is 0 Å². The van der Waals surface area contributed by atoms with Gasteiger partial charge in [0.25, 0.3) is 0 Å². The van der Waals surface area contributed by atoms with Gasteiger partial charge in [0, 0.05) is 0 Å². The van der Waals surface area contributed by atoms with Crippen LogP contribution in [0.25, 0.3) is 0 Å². The fraction of sp³-hybridized carbons (Fsp3) is 0.0769. The summed E-state index contributed by atoms with van der Waals surface area (Å²) in [6.07, 6.45) is 0. The smallest absolute Gasteiger partial charge is 0.210 e. The Morgan fingerprint density at radius 2 is 1.72 bits per heavy atom. The average molecular weight is 264 g/mol. The van der Waals surface area contributed by atoms with Crippen molar-refractivity contribution in [3.8, 4) is 11.5 Å². The summed E-state index contributed by atoms with van der Waals surface area (Å²) in [5.74, 6) is -0.430. The number of aromatic hydroxyl groups is 2. The third-order valence-corrected chi connectivity index (χ3v) is 4.33. The quantitative estimate of drug-likeness (QED) is 0.872. The van der Waals surface area contributed by atoms with Crippen LogP contribution in [0.15, 0.2) is 52.3 Å². The minimum atomic E-state index is -3.82. The first-order chi connectivity index (χ1) is 8.41. The van der Waals surface area contributed by atoms with Crippen molar-refractivity contribution in [1.29, 1.82) is 0 Å². The maximum Gasteiger partial charge on any atom is 0.210 e. The molecule has 4 nitrogen and oxygen atoms in total. The van der Waals surface area contributed by atoms with Gasteiger partial charge in [-0.3, -0.25) is 0 Å². The van der Waals surface area contributed by atoms with Crippen molar-refractivity contribution in [3.63, 3.8) is 0 Å². The fourth-order valence-corrected chi connectivity index (χ4v) is 3.00. The van der Waals surface area contributed by atoms with E-state index in [9.17, 15) is 18.6 Å². The summed E-state index contributed by atoms with van der Waals surface area (Å²) >= 11 is 0. The maximum absolute atomic E-state index is 12.2. The largest absolute Gasteiger partial charge is 0.508 e. The van der Waals surface area contributed by atoms with E-state index in [0.717, 1.165) is 11.6 Å². The summed E-state index contributed by atoms with van der Waals surface area (Å²) in [5, 5.41) is 19.0. The Balaban J connectivity index is 2.62. The number of phenolic OH excluding ortho intramolecular Hbond substituents is 2. The van der Waals surface area contributed by atoms with Gasteiger partial charge in [0.2, 0.25) is 9.84 Å². The van der Waals surface area contributed by atoms with Gasteiger partial charge in [0.1, 0.15) is 16.4 Å². The van der Waals surface area contributed by atoms with E-state index in [2.05, 4.69) is 0 Å². The highest BCUT2D eigenvalue weighted by Crippen LogP contribution is 2.30. The molecule has 2 N–H and O–H groups in total. The van der Waals surface area contributed by atoms with Crippen molar-refractivity contribution >= 4 is 9.84 Å². The average Bonchev–Trinajstić information content (AvgIpc) is 2.28. The standard InChI is InChI=1S/C13H12O4S/c1-9-5-6-13(12(15)7-9)18(16,17)11-4-2-3-10(14)8-11/h2-8,14-15H,1H3. The predicted molar refractivity (Wildman–Crippen MR) is 66.4 cm³/mol. The van der Waals surface area contributed by atoms with Gasteiger partial charge < -0.3 is 10.2 Å². The van der Waals surface area contributed by atoms with Crippen molar-refractivity contribution in [2.75, 3.05) is 0 Å². The Bertz CT molecular complexity index is 690. The Morgan fingerprint density at radius 1 is 1.00 bits per heavy atom. The molecule has 0 bridgehead atoms. The lowest BCUT2D eigenvalue weighted by molar-refractivity contribution is 0.457. The molecule has 0 aromatic heterocycles. The summed E-state index contributed by atoms with van der Waals surface area (Å²) in [6.45, 7) is 1.75. The molecule has 18 heavy (non-hydrogen) atoms. The monoisotopic (exact) mass is 264 g/mol. The molecular weight excluding hydrogens is 252 g/mol. The molecule has 0 aliphatic heterocycles. The second kappa shape index (κ2) is 4.34. The van der Waals surface area contributed by atoms with Crippen LogP contribution in [-0.2, 0) is 9.84 Å². The minimum Gasteiger partial charge on any atom is -0.508 e. The normalized spacial score (nSPS) is 11.4. The molecule has 0 aliphatic rings. The van der Waals surface area contributed by atoms with Crippen molar-refractivity contribution in [2.45, 2.75) is 16.7 Å². The highest BCUT2D eigenvalue weighted by atomic mass is 32.2. The number of hydrogen-bond donors (Lipinski definition) is 2. The first-order valence-electron chi connectivity index (χ1n) is 5.25. The number of sulfone groups is 1. The summed E-state index contributed by atoms with van der Waals surface area (Å²) in [4.78, 5) is -0.222. The Morgan fingerprint density at radius 3 is 2.33 bits per heavy atom. The second-order valence-electron chi connectivity index (χ2n) is 3.97. The van der Waals surface area contributed by atoms with Crippen LogP contribution in [0.1, 0.15) is 5.56 Å². The van der Waals surface area contributed by atoms with Gasteiger partial charge in [-0.15, -0.1) is 0 Å². The van der Waals surface area contributed by atoms with Gasteiger partial charge in [-0.25, -0.2) is 8.42 Å². The van der Waals surface area contributed by atoms with Gasteiger partial charge >= 0.3 is 0 Å². The molecule has 0 saturated heterocycles. The molecule has 2 aromatic rings. The van der Waals surface area contributed by atoms with Crippen LogP contribution in [0.4, 0.5) is 0 Å². The lowest BCUT2D eigenvalue weighted by Crippen LogP contribution is -2.02. The van der Waals surface area contributed by atoms with Crippen LogP contribution in [0.2, 0.25) is 0 Å². The van der Waals surface area contributed by atoms with Crippen LogP contribution in [0.5, 0.6) is 11.5 Å². The molecule has 0 heterocycles. The zero-order chi connectivity index (χ0) is 13.3. The molecule has 2 aromatic carbocycles. The highest BCUT2D eigenvalue weighted by Gasteiger charge is 2.21. The lowest BCUT2D eigenvalue weighted by atomic mass is 10.2. The van der Waals surface area contributed by atoms with Crippen LogP contribution in [0.3, 0.4) is 0 Å². The third-order valence-electron chi connectivity index (χ3n) is 2.53. The zero-order valence-electron chi connectivity index (χ0n) is 9.66. The predicted octanol–water partition coefficient (Wildman–Crippen LogP) is 2.24. The zero-order valence-corrected chi connectivity index (χ0v) is 10.5. The molecule has 0 saturated carbocycles. The SMILES string of the molecule is Cc1ccc(S(=O)(=O)c2cccc(O)c2)c(O)c1. The summed E-state index contributed by atoms with van der Waals surface area (Å²) < 4.78 is 24.5. The van der Waals surface area contributed by atoms with E-state index in [1.54, 1.807) is 13.0 Å². The van der Waals surface area contributed by atoms with E-state index in [0.29, 0.717) is 0 Å². The van der Waals surface area contributed by atoms with Gasteiger partial charge in [-0.1, -0.05) is 12.1 Å². The first-order valence-corrected chi connectivity index (χ1v) is 6.73. The van der Waals surface area contributed by atoms with Gasteiger partial charge in [-0.2, -0.15) is 0 Å². The molecule has 0 fully saturated rings. The number of phenols is 2. The number of aryl methyl sites for hydroxylation is 1. The van der Waals surface area contributed by atoms with Crippen molar-refractivity contribution < 1.29 is 18.6 Å². The lowest BCUT2D eigenvalue weighted by Gasteiger charge is -2.07. The van der Waals surface area contributed by atoms with E-state index in [4.69, 9.17) is 0 Å². The Hall–Kier alpha value is -2.01.